The van der Waals surface area contributed by atoms with Gasteiger partial charge >= 0.3 is 0 Å². The molecule has 1 saturated heterocycles. The van der Waals surface area contributed by atoms with Gasteiger partial charge in [-0.15, -0.1) is 0 Å². The van der Waals surface area contributed by atoms with Crippen molar-refractivity contribution in [2.45, 2.75) is 95.5 Å². The summed E-state index contributed by atoms with van der Waals surface area (Å²) >= 11 is 0. The first-order valence-electron chi connectivity index (χ1n) is 17.4. The third-order valence-corrected chi connectivity index (χ3v) is 9.67. The Morgan fingerprint density at radius 3 is 2.35 bits per heavy atom. The molecule has 0 bridgehead atoms. The fourth-order valence-corrected chi connectivity index (χ4v) is 7.26. The highest BCUT2D eigenvalue weighted by atomic mass is 16.3. The summed E-state index contributed by atoms with van der Waals surface area (Å²) in [5.41, 5.74) is 6.70. The first kappa shape index (κ1) is 35.9. The Bertz CT molecular complexity index is 1630. The minimum atomic E-state index is -1.30. The number of hydrogen-bond acceptors (Lipinski definition) is 7. The van der Waals surface area contributed by atoms with Crippen LogP contribution in [0.4, 0.5) is 0 Å². The molecule has 0 spiro atoms. The number of carbonyl (C=O) groups is 4. The van der Waals surface area contributed by atoms with E-state index in [1.165, 1.54) is 6.42 Å². The first-order chi connectivity index (χ1) is 23.4. The Kier molecular flexibility index (Phi) is 11.7. The number of amides is 4. The Labute approximate surface area is 288 Å². The predicted octanol–water partition coefficient (Wildman–Crippen LogP) is 3.09. The third-order valence-electron chi connectivity index (χ3n) is 9.67. The van der Waals surface area contributed by atoms with Crippen LogP contribution in [0.1, 0.15) is 75.3 Å². The average molecular weight is 671 g/mol. The molecule has 2 aliphatic rings. The zero-order valence-electron chi connectivity index (χ0n) is 28.7. The van der Waals surface area contributed by atoms with E-state index in [0.29, 0.717) is 23.9 Å². The lowest BCUT2D eigenvalue weighted by molar-refractivity contribution is -0.133. The minimum Gasteiger partial charge on any atom is -0.390 e. The second-order valence-electron chi connectivity index (χ2n) is 14.7. The van der Waals surface area contributed by atoms with Crippen LogP contribution < -0.4 is 21.7 Å². The highest BCUT2D eigenvalue weighted by molar-refractivity contribution is 5.99. The standard InChI is InChI=1S/C38H50N6O5/c1-38(2,3)43-37(49)32-20-26-14-7-8-15-27(26)22-44(32)23-33(45)30(19-24-11-5-4-6-12-24)41-36(48)31(21-34(39)46)42-35(47)29-18-17-25-13-9-10-16-28(25)40-29/h4-6,9-13,16-18,26-27,30-33,45H,7-8,14-15,19-23H2,1-3H3,(H2,39,46)(H,41,48)(H,42,47)(H,43,49)/t26-,27+,30-,31-,32-,33-/m0/s1. The van der Waals surface area contributed by atoms with E-state index < -0.39 is 53.9 Å². The number of hydrogen-bond donors (Lipinski definition) is 5. The van der Waals surface area contributed by atoms with Crippen LogP contribution in [0.5, 0.6) is 0 Å². The maximum absolute atomic E-state index is 13.8. The maximum atomic E-state index is 13.8. The van der Waals surface area contributed by atoms with Crippen LogP contribution in [0.15, 0.2) is 66.7 Å². The van der Waals surface area contributed by atoms with E-state index >= 15 is 0 Å². The lowest BCUT2D eigenvalue weighted by Gasteiger charge is -2.47. The molecule has 5 rings (SSSR count). The van der Waals surface area contributed by atoms with Crippen LogP contribution in [0, 0.1) is 11.8 Å². The summed E-state index contributed by atoms with van der Waals surface area (Å²) in [6.07, 6.45) is 4.03. The smallest absolute Gasteiger partial charge is 0.270 e. The van der Waals surface area contributed by atoms with Crippen LogP contribution in [0.25, 0.3) is 10.9 Å². The number of likely N-dealkylation sites (tertiary alicyclic amines) is 1. The number of nitrogens with two attached hydrogens (primary N) is 1. The van der Waals surface area contributed by atoms with Gasteiger partial charge in [0.15, 0.2) is 0 Å². The fourth-order valence-electron chi connectivity index (χ4n) is 7.26. The van der Waals surface area contributed by atoms with Crippen molar-refractivity contribution >= 4 is 34.5 Å². The summed E-state index contributed by atoms with van der Waals surface area (Å²) in [6.45, 7) is 6.73. The largest absolute Gasteiger partial charge is 0.390 e. The molecule has 1 aliphatic heterocycles. The molecular formula is C38H50N6O5. The summed E-state index contributed by atoms with van der Waals surface area (Å²) in [7, 11) is 0. The molecule has 2 aromatic carbocycles. The number of aliphatic hydroxyl groups is 1. The number of para-hydroxylation sites is 1. The molecule has 4 amide bonds. The molecule has 6 atom stereocenters. The van der Waals surface area contributed by atoms with E-state index in [1.807, 2.05) is 69.3 Å². The Morgan fingerprint density at radius 2 is 1.63 bits per heavy atom. The van der Waals surface area contributed by atoms with Crippen molar-refractivity contribution in [3.05, 3.63) is 78.0 Å². The number of piperidine rings is 1. The van der Waals surface area contributed by atoms with Crippen molar-refractivity contribution in [3.8, 4) is 0 Å². The molecular weight excluding hydrogens is 620 g/mol. The van der Waals surface area contributed by atoms with Crippen LogP contribution in [0.2, 0.25) is 0 Å². The van der Waals surface area contributed by atoms with Gasteiger partial charge < -0.3 is 26.8 Å². The number of aromatic nitrogens is 1. The zero-order chi connectivity index (χ0) is 35.1. The molecule has 11 nitrogen and oxygen atoms in total. The molecule has 6 N–H and O–H groups in total. The minimum absolute atomic E-state index is 0.0566. The van der Waals surface area contributed by atoms with Gasteiger partial charge in [-0.05, 0) is 69.6 Å². The van der Waals surface area contributed by atoms with Crippen LogP contribution in [0.3, 0.4) is 0 Å². The number of rotatable bonds is 12. The van der Waals surface area contributed by atoms with E-state index in [1.54, 1.807) is 18.2 Å². The topological polar surface area (TPSA) is 167 Å². The number of β-amino-alcohol motifs (C(OH)–C–C–N with tert-alkyl or cyclic N) is 1. The summed E-state index contributed by atoms with van der Waals surface area (Å²) < 4.78 is 0. The second-order valence-corrected chi connectivity index (χ2v) is 14.7. The maximum Gasteiger partial charge on any atom is 0.270 e. The summed E-state index contributed by atoms with van der Waals surface area (Å²) in [4.78, 5) is 59.3. The first-order valence-corrected chi connectivity index (χ1v) is 17.4. The fraction of sp³-hybridized carbons (Fsp3) is 0.500. The zero-order valence-corrected chi connectivity index (χ0v) is 28.7. The van der Waals surface area contributed by atoms with Gasteiger partial charge in [-0.1, -0.05) is 73.9 Å². The molecule has 1 aromatic heterocycles. The van der Waals surface area contributed by atoms with Gasteiger partial charge in [-0.2, -0.15) is 0 Å². The van der Waals surface area contributed by atoms with Crippen molar-refractivity contribution in [2.24, 2.45) is 17.6 Å². The molecule has 49 heavy (non-hydrogen) atoms. The monoisotopic (exact) mass is 670 g/mol. The van der Waals surface area contributed by atoms with E-state index in [2.05, 4.69) is 25.8 Å². The van der Waals surface area contributed by atoms with Gasteiger partial charge in [0.25, 0.3) is 5.91 Å². The number of pyridine rings is 1. The summed E-state index contributed by atoms with van der Waals surface area (Å²) in [6, 6.07) is 17.6. The van der Waals surface area contributed by atoms with Crippen molar-refractivity contribution < 1.29 is 24.3 Å². The van der Waals surface area contributed by atoms with Gasteiger partial charge in [-0.3, -0.25) is 24.1 Å². The molecule has 1 saturated carbocycles. The molecule has 0 radical (unpaired) electrons. The summed E-state index contributed by atoms with van der Waals surface area (Å²) in [5.74, 6) is -1.20. The quantitative estimate of drug-likeness (QED) is 0.198. The average Bonchev–Trinajstić information content (AvgIpc) is 3.06. The normalized spacial score (nSPS) is 21.5. The second kappa shape index (κ2) is 15.9. The van der Waals surface area contributed by atoms with E-state index in [-0.39, 0.29) is 24.6 Å². The van der Waals surface area contributed by atoms with E-state index in [9.17, 15) is 24.3 Å². The Balaban J connectivity index is 1.35. The van der Waals surface area contributed by atoms with Crippen molar-refractivity contribution in [2.75, 3.05) is 13.1 Å². The van der Waals surface area contributed by atoms with Gasteiger partial charge in [0.05, 0.1) is 30.1 Å². The molecule has 11 heteroatoms. The van der Waals surface area contributed by atoms with Gasteiger partial charge in [0.2, 0.25) is 17.7 Å². The molecule has 3 aromatic rings. The van der Waals surface area contributed by atoms with Crippen LogP contribution >= 0.6 is 0 Å². The molecule has 262 valence electrons. The van der Waals surface area contributed by atoms with E-state index in [4.69, 9.17) is 5.73 Å². The third kappa shape index (κ3) is 9.86. The van der Waals surface area contributed by atoms with E-state index in [0.717, 1.165) is 36.6 Å². The highest BCUT2D eigenvalue weighted by Gasteiger charge is 2.42. The molecule has 2 fully saturated rings. The van der Waals surface area contributed by atoms with Crippen molar-refractivity contribution in [1.29, 1.82) is 0 Å². The lowest BCUT2D eigenvalue weighted by atomic mass is 9.72. The lowest BCUT2D eigenvalue weighted by Crippen LogP contribution is -2.61. The highest BCUT2D eigenvalue weighted by Crippen LogP contribution is 2.39. The number of nitrogens with one attached hydrogen (secondary N) is 3. The molecule has 2 heterocycles. The SMILES string of the molecule is CC(C)(C)NC(=O)[C@@H]1C[C@@H]2CCCC[C@@H]2CN1C[C@H](O)[C@H](Cc1ccccc1)NC(=O)[C@H](CC(N)=O)NC(=O)c1ccc2ccccc2n1. The number of nitrogens with zero attached hydrogens (tertiary/aromatic N) is 2. The Morgan fingerprint density at radius 1 is 0.939 bits per heavy atom. The molecule has 0 unspecified atom stereocenters. The number of benzene rings is 2. The van der Waals surface area contributed by atoms with Crippen molar-refractivity contribution in [1.82, 2.24) is 25.8 Å². The van der Waals surface area contributed by atoms with Gasteiger partial charge in [0, 0.05) is 24.0 Å². The number of primary amides is 1. The number of aliphatic hydroxyl groups excluding tert-OH is 1. The van der Waals surface area contributed by atoms with Crippen LogP contribution in [-0.4, -0.2) is 81.5 Å². The molecule has 1 aliphatic carbocycles. The van der Waals surface area contributed by atoms with Crippen LogP contribution in [-0.2, 0) is 20.8 Å². The Hall–Kier alpha value is -4.35. The number of fused-ring (bicyclic) bond motifs is 2. The summed E-state index contributed by atoms with van der Waals surface area (Å²) in [5, 5.41) is 21.4. The number of carbonyl (C=O) groups excluding carboxylic acids is 4. The van der Waals surface area contributed by atoms with Gasteiger partial charge in [0.1, 0.15) is 11.7 Å². The van der Waals surface area contributed by atoms with Gasteiger partial charge in [-0.25, -0.2) is 4.98 Å². The predicted molar refractivity (Wildman–Crippen MR) is 188 cm³/mol. The van der Waals surface area contributed by atoms with Crippen molar-refractivity contribution in [3.63, 3.8) is 0 Å².